The number of hydrogen-bond donors (Lipinski definition) is 0. The number of benzene rings is 1. The van der Waals surface area contributed by atoms with Gasteiger partial charge in [0, 0.05) is 10.7 Å². The summed E-state index contributed by atoms with van der Waals surface area (Å²) in [5, 5.41) is 0. The Kier molecular flexibility index (Phi) is 2.99. The second-order valence-electron chi connectivity index (χ2n) is 3.54. The van der Waals surface area contributed by atoms with E-state index in [-0.39, 0.29) is 16.7 Å². The van der Waals surface area contributed by atoms with Gasteiger partial charge in [0.25, 0.3) is 9.05 Å². The van der Waals surface area contributed by atoms with Crippen LogP contribution in [0.3, 0.4) is 0 Å². The Morgan fingerprint density at radius 1 is 1.38 bits per heavy atom. The summed E-state index contributed by atoms with van der Waals surface area (Å²) in [5.74, 6) is 0.594. The quantitative estimate of drug-likeness (QED) is 0.781. The van der Waals surface area contributed by atoms with Gasteiger partial charge in [-0.2, -0.15) is 0 Å². The van der Waals surface area contributed by atoms with Crippen molar-refractivity contribution in [3.8, 4) is 11.5 Å². The van der Waals surface area contributed by atoms with Crippen LogP contribution in [-0.2, 0) is 9.05 Å². The van der Waals surface area contributed by atoms with Gasteiger partial charge in [-0.3, -0.25) is 0 Å². The monoisotopic (exact) mass is 262 g/mol. The standard InChI is InChI=1S/C10H11ClO4S/c1-14-8-3-2-4-9(16(11,12)13)10(8)15-7-5-6-7/h2-4,7H,5-6H2,1H3. The van der Waals surface area contributed by atoms with Crippen molar-refractivity contribution in [1.82, 2.24) is 0 Å². The van der Waals surface area contributed by atoms with Gasteiger partial charge in [0.15, 0.2) is 11.5 Å². The highest BCUT2D eigenvalue weighted by molar-refractivity contribution is 8.13. The summed E-state index contributed by atoms with van der Waals surface area (Å²) in [4.78, 5) is -0.0413. The van der Waals surface area contributed by atoms with Gasteiger partial charge in [-0.25, -0.2) is 8.42 Å². The van der Waals surface area contributed by atoms with E-state index in [4.69, 9.17) is 20.2 Å². The van der Waals surface area contributed by atoms with Crippen molar-refractivity contribution in [2.75, 3.05) is 7.11 Å². The van der Waals surface area contributed by atoms with Crippen molar-refractivity contribution in [3.05, 3.63) is 18.2 Å². The van der Waals surface area contributed by atoms with E-state index in [2.05, 4.69) is 0 Å². The zero-order valence-electron chi connectivity index (χ0n) is 8.64. The zero-order valence-corrected chi connectivity index (χ0v) is 10.2. The number of para-hydroxylation sites is 1. The predicted molar refractivity (Wildman–Crippen MR) is 59.7 cm³/mol. The van der Waals surface area contributed by atoms with Gasteiger partial charge in [0.1, 0.15) is 4.90 Å². The molecule has 0 saturated heterocycles. The molecule has 0 bridgehead atoms. The first kappa shape index (κ1) is 11.5. The Balaban J connectivity index is 2.49. The minimum Gasteiger partial charge on any atom is -0.493 e. The molecule has 0 radical (unpaired) electrons. The molecule has 0 heterocycles. The van der Waals surface area contributed by atoms with Crippen molar-refractivity contribution in [1.29, 1.82) is 0 Å². The number of ether oxygens (including phenoxy) is 2. The summed E-state index contributed by atoms with van der Waals surface area (Å²) in [6.07, 6.45) is 1.94. The molecule has 0 spiro atoms. The van der Waals surface area contributed by atoms with Crippen molar-refractivity contribution < 1.29 is 17.9 Å². The summed E-state index contributed by atoms with van der Waals surface area (Å²) < 4.78 is 33.3. The molecule has 1 aromatic carbocycles. The number of halogens is 1. The van der Waals surface area contributed by atoms with E-state index in [1.165, 1.54) is 13.2 Å². The molecule has 0 N–H and O–H groups in total. The molecule has 1 saturated carbocycles. The summed E-state index contributed by atoms with van der Waals surface area (Å²) in [7, 11) is 2.97. The molecule has 1 aromatic rings. The van der Waals surface area contributed by atoms with Crippen LogP contribution in [0.1, 0.15) is 12.8 Å². The lowest BCUT2D eigenvalue weighted by Gasteiger charge is -2.12. The van der Waals surface area contributed by atoms with Gasteiger partial charge in [-0.15, -0.1) is 0 Å². The normalized spacial score (nSPS) is 15.9. The van der Waals surface area contributed by atoms with Crippen LogP contribution in [0, 0.1) is 0 Å². The first-order valence-electron chi connectivity index (χ1n) is 4.80. The first-order valence-corrected chi connectivity index (χ1v) is 7.11. The Morgan fingerprint density at radius 3 is 2.56 bits per heavy atom. The van der Waals surface area contributed by atoms with E-state index in [1.54, 1.807) is 12.1 Å². The molecule has 0 amide bonds. The van der Waals surface area contributed by atoms with Gasteiger partial charge in [-0.1, -0.05) is 6.07 Å². The molecule has 0 aliphatic heterocycles. The van der Waals surface area contributed by atoms with Crippen LogP contribution in [0.15, 0.2) is 23.1 Å². The number of hydrogen-bond acceptors (Lipinski definition) is 4. The second-order valence-corrected chi connectivity index (χ2v) is 6.08. The molecule has 4 nitrogen and oxygen atoms in total. The average Bonchev–Trinajstić information content (AvgIpc) is 3.00. The van der Waals surface area contributed by atoms with Crippen LogP contribution in [0.25, 0.3) is 0 Å². The largest absolute Gasteiger partial charge is 0.493 e. The maximum atomic E-state index is 11.4. The minimum atomic E-state index is -3.82. The third-order valence-electron chi connectivity index (χ3n) is 2.23. The molecule has 0 aromatic heterocycles. The maximum Gasteiger partial charge on any atom is 0.265 e. The van der Waals surface area contributed by atoms with Gasteiger partial charge >= 0.3 is 0 Å². The smallest absolute Gasteiger partial charge is 0.265 e. The number of methoxy groups -OCH3 is 1. The van der Waals surface area contributed by atoms with Crippen LogP contribution >= 0.6 is 10.7 Å². The second kappa shape index (κ2) is 4.14. The summed E-state index contributed by atoms with van der Waals surface area (Å²) in [5.41, 5.74) is 0. The average molecular weight is 263 g/mol. The van der Waals surface area contributed by atoms with Gasteiger partial charge in [-0.05, 0) is 25.0 Å². The van der Waals surface area contributed by atoms with Crippen LogP contribution in [0.2, 0.25) is 0 Å². The van der Waals surface area contributed by atoms with E-state index in [0.29, 0.717) is 5.75 Å². The molecule has 0 unspecified atom stereocenters. The van der Waals surface area contributed by atoms with E-state index in [1.807, 2.05) is 0 Å². The molecule has 1 fully saturated rings. The predicted octanol–water partition coefficient (Wildman–Crippen LogP) is 2.16. The molecule has 1 aliphatic carbocycles. The lowest BCUT2D eigenvalue weighted by Crippen LogP contribution is -2.03. The Hall–Kier alpha value is -0.940. The third-order valence-corrected chi connectivity index (χ3v) is 3.58. The molecule has 1 aliphatic rings. The van der Waals surface area contributed by atoms with E-state index in [9.17, 15) is 8.42 Å². The maximum absolute atomic E-state index is 11.4. The summed E-state index contributed by atoms with van der Waals surface area (Å²) >= 11 is 0. The Bertz CT molecular complexity index is 494. The lowest BCUT2D eigenvalue weighted by atomic mass is 10.3. The van der Waals surface area contributed by atoms with Gasteiger partial charge in [0.2, 0.25) is 0 Å². The van der Waals surface area contributed by atoms with Crippen LogP contribution in [0.4, 0.5) is 0 Å². The molecule has 88 valence electrons. The van der Waals surface area contributed by atoms with Crippen LogP contribution in [-0.4, -0.2) is 21.6 Å². The van der Waals surface area contributed by atoms with Gasteiger partial charge in [0.05, 0.1) is 13.2 Å². The van der Waals surface area contributed by atoms with Crippen molar-refractivity contribution in [3.63, 3.8) is 0 Å². The van der Waals surface area contributed by atoms with E-state index < -0.39 is 9.05 Å². The molecular weight excluding hydrogens is 252 g/mol. The fraction of sp³-hybridized carbons (Fsp3) is 0.400. The first-order chi connectivity index (χ1) is 7.52. The molecule has 0 atom stereocenters. The van der Waals surface area contributed by atoms with Crippen molar-refractivity contribution >= 4 is 19.7 Å². The summed E-state index contributed by atoms with van der Waals surface area (Å²) in [6.45, 7) is 0. The Labute approximate surface area is 98.5 Å². The number of rotatable bonds is 4. The summed E-state index contributed by atoms with van der Waals surface area (Å²) in [6, 6.07) is 4.61. The van der Waals surface area contributed by atoms with Crippen molar-refractivity contribution in [2.45, 2.75) is 23.8 Å². The molecule has 16 heavy (non-hydrogen) atoms. The molecule has 2 rings (SSSR count). The van der Waals surface area contributed by atoms with Crippen LogP contribution < -0.4 is 9.47 Å². The van der Waals surface area contributed by atoms with E-state index >= 15 is 0 Å². The van der Waals surface area contributed by atoms with Crippen LogP contribution in [0.5, 0.6) is 11.5 Å². The fourth-order valence-electron chi connectivity index (χ4n) is 1.32. The highest BCUT2D eigenvalue weighted by Gasteiger charge is 2.29. The zero-order chi connectivity index (χ0) is 11.8. The fourth-order valence-corrected chi connectivity index (χ4v) is 2.29. The topological polar surface area (TPSA) is 52.6 Å². The minimum absolute atomic E-state index is 0.0413. The highest BCUT2D eigenvalue weighted by atomic mass is 35.7. The van der Waals surface area contributed by atoms with Crippen molar-refractivity contribution in [2.24, 2.45) is 0 Å². The Morgan fingerprint density at radius 2 is 2.06 bits per heavy atom. The molecular formula is C10H11ClO4S. The van der Waals surface area contributed by atoms with Gasteiger partial charge < -0.3 is 9.47 Å². The molecule has 6 heteroatoms. The SMILES string of the molecule is COc1cccc(S(=O)(=O)Cl)c1OC1CC1. The third kappa shape index (κ3) is 2.41. The van der Waals surface area contributed by atoms with E-state index in [0.717, 1.165) is 12.8 Å². The highest BCUT2D eigenvalue weighted by Crippen LogP contribution is 2.39. The lowest BCUT2D eigenvalue weighted by molar-refractivity contribution is 0.274.